The van der Waals surface area contributed by atoms with Gasteiger partial charge in [-0.25, -0.2) is 0 Å². The number of nitrogens with zero attached hydrogens (tertiary/aromatic N) is 2. The first-order valence-electron chi connectivity index (χ1n) is 14.9. The number of nitro benzene ring substituents is 1. The van der Waals surface area contributed by atoms with E-state index in [0.29, 0.717) is 29.2 Å². The molecule has 4 atom stereocenters. The van der Waals surface area contributed by atoms with Crippen LogP contribution in [0.2, 0.25) is 0 Å². The van der Waals surface area contributed by atoms with Crippen molar-refractivity contribution >= 4 is 34.9 Å². The maximum absolute atomic E-state index is 14.9. The molecule has 0 bridgehead atoms. The van der Waals surface area contributed by atoms with Crippen molar-refractivity contribution < 1.29 is 24.0 Å². The summed E-state index contributed by atoms with van der Waals surface area (Å²) in [6.07, 6.45) is 4.48. The van der Waals surface area contributed by atoms with Gasteiger partial charge in [-0.15, -0.1) is 0 Å². The summed E-state index contributed by atoms with van der Waals surface area (Å²) in [6.45, 7) is 2.53. The predicted molar refractivity (Wildman–Crippen MR) is 168 cm³/mol. The van der Waals surface area contributed by atoms with E-state index in [9.17, 15) is 24.5 Å². The Morgan fingerprint density at radius 3 is 2.47 bits per heavy atom. The minimum atomic E-state index is -1.49. The van der Waals surface area contributed by atoms with Gasteiger partial charge in [0.15, 0.2) is 11.6 Å². The van der Waals surface area contributed by atoms with Crippen molar-refractivity contribution in [3.8, 4) is 5.75 Å². The van der Waals surface area contributed by atoms with Gasteiger partial charge in [-0.2, -0.15) is 0 Å². The van der Waals surface area contributed by atoms with Gasteiger partial charge in [0.05, 0.1) is 23.5 Å². The number of ketones is 2. The summed E-state index contributed by atoms with van der Waals surface area (Å²) >= 11 is 0. The Bertz CT molecular complexity index is 1900. The molecule has 0 aliphatic carbocycles. The molecule has 1 saturated heterocycles. The van der Waals surface area contributed by atoms with Gasteiger partial charge in [0.25, 0.3) is 5.69 Å². The Labute approximate surface area is 259 Å². The lowest BCUT2D eigenvalue weighted by molar-refractivity contribution is -0.384. The largest absolute Gasteiger partial charge is 0.494 e. The highest BCUT2D eigenvalue weighted by atomic mass is 16.6. The molecule has 9 nitrogen and oxygen atoms in total. The van der Waals surface area contributed by atoms with Gasteiger partial charge in [-0.1, -0.05) is 61.5 Å². The van der Waals surface area contributed by atoms with Crippen LogP contribution in [0.25, 0.3) is 6.08 Å². The fraction of sp³-hybridized carbons (Fsp3) is 0.194. The molecule has 1 amide bonds. The Hall–Kier alpha value is -5.57. The number of nitro groups is 1. The number of rotatable bonds is 8. The van der Waals surface area contributed by atoms with Gasteiger partial charge in [0, 0.05) is 35.1 Å². The number of amides is 1. The normalized spacial score (nSPS) is 22.4. The van der Waals surface area contributed by atoms with Crippen LogP contribution in [0.15, 0.2) is 103 Å². The van der Waals surface area contributed by atoms with Gasteiger partial charge < -0.3 is 15.0 Å². The zero-order valence-corrected chi connectivity index (χ0v) is 24.4. The monoisotopic (exact) mass is 599 g/mol. The van der Waals surface area contributed by atoms with Gasteiger partial charge in [-0.3, -0.25) is 24.5 Å². The highest BCUT2D eigenvalue weighted by Gasteiger charge is 2.70. The molecule has 7 rings (SSSR count). The average molecular weight is 600 g/mol. The van der Waals surface area contributed by atoms with Crippen LogP contribution in [0.1, 0.15) is 56.8 Å². The van der Waals surface area contributed by atoms with Crippen molar-refractivity contribution in [1.29, 1.82) is 0 Å². The number of para-hydroxylation sites is 1. The van der Waals surface area contributed by atoms with E-state index in [-0.39, 0.29) is 22.9 Å². The molecule has 1 N–H and O–H groups in total. The fourth-order valence-electron chi connectivity index (χ4n) is 7.23. The van der Waals surface area contributed by atoms with Crippen LogP contribution in [0, 0.1) is 16.0 Å². The Morgan fingerprint density at radius 2 is 1.69 bits per heavy atom. The second kappa shape index (κ2) is 10.9. The summed E-state index contributed by atoms with van der Waals surface area (Å²) in [5.41, 5.74) is 1.58. The van der Waals surface area contributed by atoms with Gasteiger partial charge >= 0.3 is 0 Å². The Morgan fingerprint density at radius 1 is 0.933 bits per heavy atom. The molecule has 3 heterocycles. The van der Waals surface area contributed by atoms with Crippen LogP contribution >= 0.6 is 0 Å². The molecule has 1 spiro atoms. The predicted octanol–water partition coefficient (Wildman–Crippen LogP) is 6.37. The maximum Gasteiger partial charge on any atom is 0.270 e. The summed E-state index contributed by atoms with van der Waals surface area (Å²) in [4.78, 5) is 57.1. The summed E-state index contributed by atoms with van der Waals surface area (Å²) < 4.78 is 5.73. The van der Waals surface area contributed by atoms with Gasteiger partial charge in [-0.05, 0) is 59.5 Å². The number of carbonyl (C=O) groups is 3. The summed E-state index contributed by atoms with van der Waals surface area (Å²) in [6, 6.07) is 25.3. The van der Waals surface area contributed by atoms with Gasteiger partial charge in [0.2, 0.25) is 5.91 Å². The van der Waals surface area contributed by atoms with Crippen molar-refractivity contribution in [3.63, 3.8) is 0 Å². The van der Waals surface area contributed by atoms with Crippen LogP contribution in [-0.2, 0) is 10.2 Å². The zero-order chi connectivity index (χ0) is 31.3. The van der Waals surface area contributed by atoms with Crippen LogP contribution < -0.4 is 10.1 Å². The number of hydrogen-bond acceptors (Lipinski definition) is 7. The summed E-state index contributed by atoms with van der Waals surface area (Å²) in [5, 5.41) is 14.7. The first kappa shape index (κ1) is 28.2. The molecule has 4 aromatic carbocycles. The van der Waals surface area contributed by atoms with Gasteiger partial charge in [0.1, 0.15) is 17.2 Å². The van der Waals surface area contributed by atoms with Crippen molar-refractivity contribution in [2.45, 2.75) is 30.8 Å². The lowest BCUT2D eigenvalue weighted by Gasteiger charge is -2.38. The summed E-state index contributed by atoms with van der Waals surface area (Å²) in [7, 11) is 0. The van der Waals surface area contributed by atoms with E-state index in [1.54, 1.807) is 36.5 Å². The number of carbonyl (C=O) groups excluding carboxylic acids is 3. The Balaban J connectivity index is 1.47. The molecule has 3 aliphatic rings. The second-order valence-electron chi connectivity index (χ2n) is 11.5. The van der Waals surface area contributed by atoms with E-state index in [1.165, 1.54) is 24.3 Å². The molecule has 45 heavy (non-hydrogen) atoms. The third-order valence-corrected chi connectivity index (χ3v) is 9.07. The first-order chi connectivity index (χ1) is 21.9. The third-order valence-electron chi connectivity index (χ3n) is 9.07. The molecule has 224 valence electrons. The number of ether oxygens (including phenoxy) is 1. The molecule has 0 saturated carbocycles. The number of hydrogen-bond donors (Lipinski definition) is 1. The topological polar surface area (TPSA) is 119 Å². The maximum atomic E-state index is 14.9. The van der Waals surface area contributed by atoms with E-state index in [0.717, 1.165) is 17.5 Å². The lowest BCUT2D eigenvalue weighted by atomic mass is 9.62. The SMILES string of the molecule is CCCOc1ccc(C(=O)[C@@H]2[C@H](C(=O)c3cccc([N+](=O)[O-])c3)N3C=Cc4ccccc4[C@@H]3[C@]23C(=O)Nc2ccccc23)cc1. The highest BCUT2D eigenvalue weighted by molar-refractivity contribution is 6.16. The molecule has 1 fully saturated rings. The Kier molecular flexibility index (Phi) is 6.81. The van der Waals surface area contributed by atoms with Crippen molar-refractivity contribution in [1.82, 2.24) is 4.90 Å². The molecule has 3 aliphatic heterocycles. The number of benzene rings is 4. The smallest absolute Gasteiger partial charge is 0.270 e. The lowest BCUT2D eigenvalue weighted by Crippen LogP contribution is -2.49. The third kappa shape index (κ3) is 4.26. The first-order valence-corrected chi connectivity index (χ1v) is 14.9. The molecule has 4 aromatic rings. The number of non-ortho nitro benzene ring substituents is 1. The number of Topliss-reactive ketones (excluding diaryl/α,β-unsaturated/α-hetero) is 2. The van der Waals surface area contributed by atoms with Crippen LogP contribution in [-0.4, -0.2) is 39.9 Å². The second-order valence-corrected chi connectivity index (χ2v) is 11.5. The zero-order valence-electron chi connectivity index (χ0n) is 24.4. The van der Waals surface area contributed by atoms with E-state index in [4.69, 9.17) is 4.74 Å². The van der Waals surface area contributed by atoms with Crippen molar-refractivity contribution in [2.75, 3.05) is 11.9 Å². The summed E-state index contributed by atoms with van der Waals surface area (Å²) in [5.74, 6) is -1.82. The molecular formula is C36H29N3O6. The van der Waals surface area contributed by atoms with Crippen LogP contribution in [0.3, 0.4) is 0 Å². The van der Waals surface area contributed by atoms with E-state index < -0.39 is 34.1 Å². The average Bonchev–Trinajstić information content (AvgIpc) is 3.55. The quantitative estimate of drug-likeness (QED) is 0.142. The minimum Gasteiger partial charge on any atom is -0.494 e. The van der Waals surface area contributed by atoms with E-state index in [1.807, 2.05) is 60.4 Å². The van der Waals surface area contributed by atoms with Crippen molar-refractivity contribution in [3.05, 3.63) is 141 Å². The van der Waals surface area contributed by atoms with Crippen LogP contribution in [0.5, 0.6) is 5.75 Å². The fourth-order valence-corrected chi connectivity index (χ4v) is 7.23. The van der Waals surface area contributed by atoms with E-state index >= 15 is 0 Å². The molecule has 0 unspecified atom stereocenters. The highest BCUT2D eigenvalue weighted by Crippen LogP contribution is 2.62. The molecule has 0 radical (unpaired) electrons. The number of nitrogens with one attached hydrogen (secondary N) is 1. The van der Waals surface area contributed by atoms with Crippen molar-refractivity contribution in [2.24, 2.45) is 5.92 Å². The molecular weight excluding hydrogens is 570 g/mol. The van der Waals surface area contributed by atoms with E-state index in [2.05, 4.69) is 5.32 Å². The number of anilines is 1. The molecule has 0 aromatic heterocycles. The minimum absolute atomic E-state index is 0.0880. The number of fused-ring (bicyclic) bond motifs is 6. The standard InChI is InChI=1S/C36H29N3O6/c1-2-20-45-26-16-14-23(15-17-26)32(40)30-31(33(41)24-9-7-10-25(21-24)39(43)44)38-19-18-22-8-3-4-11-27(22)34(38)36(30)28-12-5-6-13-29(28)37-35(36)42/h3-19,21,30-31,34H,2,20H2,1H3,(H,37,42)/t30-,31+,34+,36+/m0/s1. The molecule has 9 heteroatoms. The van der Waals surface area contributed by atoms with Crippen LogP contribution in [0.4, 0.5) is 11.4 Å².